The van der Waals surface area contributed by atoms with Gasteiger partial charge >= 0.3 is 0 Å². The minimum Gasteiger partial charge on any atom is -0.316 e. The van der Waals surface area contributed by atoms with Crippen molar-refractivity contribution in [2.24, 2.45) is 0 Å². The maximum atomic E-state index is 8.68. The first-order valence-electron chi connectivity index (χ1n) is 4.56. The van der Waals surface area contributed by atoms with Crippen molar-refractivity contribution in [3.8, 4) is 0 Å². The van der Waals surface area contributed by atoms with Crippen molar-refractivity contribution in [2.75, 3.05) is 0 Å². The Morgan fingerprint density at radius 2 is 2.00 bits per heavy atom. The van der Waals surface area contributed by atoms with Crippen LogP contribution in [0.5, 0.6) is 0 Å². The Hall–Kier alpha value is -0.810. The second-order valence-corrected chi connectivity index (χ2v) is 5.07. The van der Waals surface area contributed by atoms with Gasteiger partial charge in [0.15, 0.2) is 0 Å². The Balaban J connectivity index is 2.14. The van der Waals surface area contributed by atoms with Crippen LogP contribution in [0.2, 0.25) is 0 Å². The van der Waals surface area contributed by atoms with Crippen molar-refractivity contribution in [3.63, 3.8) is 0 Å². The smallest absolute Gasteiger partial charge is 0.0563 e. The molecule has 0 atom stereocenters. The Labute approximate surface area is 96.9 Å². The van der Waals surface area contributed by atoms with E-state index in [0.29, 0.717) is 6.54 Å². The van der Waals surface area contributed by atoms with Crippen molar-refractivity contribution in [3.05, 3.63) is 46.7 Å². The Morgan fingerprint density at radius 1 is 1.20 bits per heavy atom. The summed E-state index contributed by atoms with van der Waals surface area (Å²) in [6, 6.07) is 12.3. The van der Waals surface area contributed by atoms with Crippen LogP contribution < -0.4 is 5.48 Å². The Kier molecular flexibility index (Phi) is 3.80. The monoisotopic (exact) mass is 237 g/mol. The molecular weight excluding hydrogens is 226 g/mol. The van der Waals surface area contributed by atoms with E-state index in [1.165, 1.54) is 9.79 Å². The number of hydrogen-bond acceptors (Lipinski definition) is 4. The van der Waals surface area contributed by atoms with Gasteiger partial charge in [0.1, 0.15) is 0 Å². The number of benzene rings is 1. The highest BCUT2D eigenvalue weighted by Gasteiger charge is 2.04. The second-order valence-electron chi connectivity index (χ2n) is 2.96. The van der Waals surface area contributed by atoms with E-state index in [2.05, 4.69) is 23.7 Å². The molecule has 2 aromatic rings. The maximum absolute atomic E-state index is 8.68. The van der Waals surface area contributed by atoms with Crippen LogP contribution in [-0.4, -0.2) is 5.21 Å². The van der Waals surface area contributed by atoms with Crippen molar-refractivity contribution >= 4 is 23.1 Å². The molecule has 4 heteroatoms. The molecular formula is C11H11NOS2. The van der Waals surface area contributed by atoms with E-state index in [1.807, 2.05) is 23.6 Å². The van der Waals surface area contributed by atoms with Gasteiger partial charge in [-0.3, -0.25) is 0 Å². The lowest BCUT2D eigenvalue weighted by Crippen LogP contribution is -2.04. The zero-order valence-electron chi connectivity index (χ0n) is 8.01. The summed E-state index contributed by atoms with van der Waals surface area (Å²) >= 11 is 3.37. The third kappa shape index (κ3) is 2.82. The molecule has 78 valence electrons. The Morgan fingerprint density at radius 3 is 2.73 bits per heavy atom. The van der Waals surface area contributed by atoms with E-state index < -0.39 is 0 Å². The van der Waals surface area contributed by atoms with Crippen molar-refractivity contribution < 1.29 is 5.21 Å². The molecule has 0 saturated heterocycles. The third-order valence-corrected chi connectivity index (χ3v) is 4.08. The van der Waals surface area contributed by atoms with E-state index in [0.717, 1.165) is 4.88 Å². The largest absolute Gasteiger partial charge is 0.316 e. The first kappa shape index (κ1) is 10.7. The summed E-state index contributed by atoms with van der Waals surface area (Å²) in [6.07, 6.45) is 0. The van der Waals surface area contributed by atoms with Crippen LogP contribution in [0.4, 0.5) is 0 Å². The number of hydrogen-bond donors (Lipinski definition) is 2. The van der Waals surface area contributed by atoms with Crippen molar-refractivity contribution in [1.29, 1.82) is 0 Å². The average Bonchev–Trinajstić information content (AvgIpc) is 2.68. The predicted octanol–water partition coefficient (Wildman–Crippen LogP) is 3.38. The SMILES string of the molecule is ONCc1sccc1Sc1ccccc1. The van der Waals surface area contributed by atoms with Gasteiger partial charge in [-0.2, -0.15) is 0 Å². The fourth-order valence-electron chi connectivity index (χ4n) is 1.24. The Bertz CT molecular complexity index is 414. The van der Waals surface area contributed by atoms with Crippen molar-refractivity contribution in [1.82, 2.24) is 5.48 Å². The fraction of sp³-hybridized carbons (Fsp3) is 0.0909. The van der Waals surface area contributed by atoms with Gasteiger partial charge in [0.25, 0.3) is 0 Å². The fourth-order valence-corrected chi connectivity index (χ4v) is 3.16. The zero-order chi connectivity index (χ0) is 10.5. The molecule has 2 nitrogen and oxygen atoms in total. The third-order valence-electron chi connectivity index (χ3n) is 1.92. The summed E-state index contributed by atoms with van der Waals surface area (Å²) in [6.45, 7) is 0.507. The van der Waals surface area contributed by atoms with Gasteiger partial charge in [-0.05, 0) is 23.6 Å². The van der Waals surface area contributed by atoms with E-state index in [9.17, 15) is 0 Å². The van der Waals surface area contributed by atoms with Gasteiger partial charge in [0.05, 0.1) is 6.54 Å². The topological polar surface area (TPSA) is 32.3 Å². The highest BCUT2D eigenvalue weighted by molar-refractivity contribution is 7.99. The molecule has 1 heterocycles. The molecule has 0 unspecified atom stereocenters. The van der Waals surface area contributed by atoms with Gasteiger partial charge in [0, 0.05) is 14.7 Å². The molecule has 0 bridgehead atoms. The highest BCUT2D eigenvalue weighted by atomic mass is 32.2. The molecule has 0 spiro atoms. The molecule has 0 aliphatic carbocycles. The molecule has 0 radical (unpaired) electrons. The first-order chi connectivity index (χ1) is 7.40. The predicted molar refractivity (Wildman–Crippen MR) is 63.5 cm³/mol. The minimum absolute atomic E-state index is 0.507. The molecule has 15 heavy (non-hydrogen) atoms. The van der Waals surface area contributed by atoms with E-state index in [1.54, 1.807) is 23.1 Å². The summed E-state index contributed by atoms with van der Waals surface area (Å²) in [5.41, 5.74) is 2.19. The summed E-state index contributed by atoms with van der Waals surface area (Å²) in [4.78, 5) is 3.58. The van der Waals surface area contributed by atoms with Crippen LogP contribution in [-0.2, 0) is 6.54 Å². The van der Waals surface area contributed by atoms with Crippen LogP contribution in [0.3, 0.4) is 0 Å². The summed E-state index contributed by atoms with van der Waals surface area (Å²) in [7, 11) is 0. The number of hydroxylamine groups is 1. The van der Waals surface area contributed by atoms with E-state index in [-0.39, 0.29) is 0 Å². The normalized spacial score (nSPS) is 10.5. The standard InChI is InChI=1S/C11H11NOS2/c13-12-8-11-10(6-7-14-11)15-9-4-2-1-3-5-9/h1-7,12-13H,8H2. The molecule has 2 rings (SSSR count). The molecule has 0 aliphatic heterocycles. The molecule has 1 aromatic heterocycles. The van der Waals surface area contributed by atoms with Gasteiger partial charge in [0.2, 0.25) is 0 Å². The lowest BCUT2D eigenvalue weighted by Gasteiger charge is -2.02. The maximum Gasteiger partial charge on any atom is 0.0563 e. The molecule has 0 fully saturated rings. The molecule has 0 amide bonds. The van der Waals surface area contributed by atoms with Gasteiger partial charge in [-0.1, -0.05) is 30.0 Å². The second kappa shape index (κ2) is 5.32. The number of thiophene rings is 1. The van der Waals surface area contributed by atoms with Gasteiger partial charge < -0.3 is 5.21 Å². The average molecular weight is 237 g/mol. The molecule has 2 N–H and O–H groups in total. The van der Waals surface area contributed by atoms with Crippen LogP contribution in [0.15, 0.2) is 51.6 Å². The molecule has 0 aliphatic rings. The lowest BCUT2D eigenvalue weighted by atomic mass is 10.4. The first-order valence-corrected chi connectivity index (χ1v) is 6.26. The zero-order valence-corrected chi connectivity index (χ0v) is 9.65. The van der Waals surface area contributed by atoms with Gasteiger partial charge in [-0.15, -0.1) is 11.3 Å². The van der Waals surface area contributed by atoms with Crippen molar-refractivity contribution in [2.45, 2.75) is 16.3 Å². The van der Waals surface area contributed by atoms with E-state index in [4.69, 9.17) is 5.21 Å². The van der Waals surface area contributed by atoms with Crippen LogP contribution in [0.1, 0.15) is 4.88 Å². The van der Waals surface area contributed by atoms with Crippen LogP contribution >= 0.6 is 23.1 Å². The summed E-state index contributed by atoms with van der Waals surface area (Å²) in [5.74, 6) is 0. The minimum atomic E-state index is 0.507. The molecule has 0 saturated carbocycles. The summed E-state index contributed by atoms with van der Waals surface area (Å²) in [5, 5.41) is 10.7. The van der Waals surface area contributed by atoms with Gasteiger partial charge in [-0.25, -0.2) is 5.48 Å². The lowest BCUT2D eigenvalue weighted by molar-refractivity contribution is 0.161. The number of nitrogens with one attached hydrogen (secondary N) is 1. The summed E-state index contributed by atoms with van der Waals surface area (Å²) < 4.78 is 0. The molecule has 1 aromatic carbocycles. The van der Waals surface area contributed by atoms with Crippen LogP contribution in [0.25, 0.3) is 0 Å². The highest BCUT2D eigenvalue weighted by Crippen LogP contribution is 2.33. The van der Waals surface area contributed by atoms with E-state index >= 15 is 0 Å². The quantitative estimate of drug-likeness (QED) is 0.800. The van der Waals surface area contributed by atoms with Crippen LogP contribution in [0, 0.1) is 0 Å². The number of rotatable bonds is 4.